The molecule has 0 saturated heterocycles. The first kappa shape index (κ1) is 24.5. The van der Waals surface area contributed by atoms with Crippen LogP contribution in [0.1, 0.15) is 19.4 Å². The van der Waals surface area contributed by atoms with Crippen molar-refractivity contribution in [3.63, 3.8) is 0 Å². The van der Waals surface area contributed by atoms with Gasteiger partial charge in [0.25, 0.3) is 5.56 Å². The van der Waals surface area contributed by atoms with Crippen LogP contribution in [0.3, 0.4) is 0 Å². The minimum Gasteiger partial charge on any atom is -0.475 e. The number of para-hydroxylation sites is 1. The average molecular weight is 502 g/mol. The fraction of sp³-hybridized carbons (Fsp3) is 0.333. The van der Waals surface area contributed by atoms with E-state index in [0.717, 1.165) is 34.6 Å². The van der Waals surface area contributed by atoms with Gasteiger partial charge in [-0.1, -0.05) is 26.0 Å². The zero-order chi connectivity index (χ0) is 25.8. The van der Waals surface area contributed by atoms with Crippen LogP contribution < -0.4 is 25.8 Å². The number of nitrogens with one attached hydrogen (secondary N) is 2. The molecule has 10 heteroatoms. The highest BCUT2D eigenvalue weighted by Crippen LogP contribution is 2.36. The molecular formula is C27H31N7O3. The predicted octanol–water partition coefficient (Wildman–Crippen LogP) is 4.24. The molecule has 3 aromatic heterocycles. The molecule has 1 aromatic carbocycles. The van der Waals surface area contributed by atoms with Crippen LogP contribution in [-0.2, 0) is 11.3 Å². The number of rotatable bonds is 1. The lowest BCUT2D eigenvalue weighted by molar-refractivity contribution is 0.0930. The third-order valence-corrected chi connectivity index (χ3v) is 6.21. The SMILES string of the molecule is CC.Cc1cccc2c1NCCN2c1cc2cnc3nc2n(c1=O)CCOCCOc1cc(ccn1)N3. The molecule has 0 fully saturated rings. The molecule has 2 aliphatic rings. The van der Waals surface area contributed by atoms with Crippen LogP contribution in [0, 0.1) is 6.92 Å². The molecule has 0 saturated carbocycles. The molecular weight excluding hydrogens is 470 g/mol. The number of ether oxygens (including phenoxy) is 2. The number of fused-ring (bicyclic) bond motifs is 4. The Labute approximate surface area is 215 Å². The van der Waals surface area contributed by atoms with Gasteiger partial charge in [0.15, 0.2) is 0 Å². The second kappa shape index (κ2) is 10.8. The van der Waals surface area contributed by atoms with Gasteiger partial charge in [-0.3, -0.25) is 9.36 Å². The number of aryl methyl sites for hydroxylation is 1. The highest BCUT2D eigenvalue weighted by molar-refractivity contribution is 5.85. The van der Waals surface area contributed by atoms with Crippen LogP contribution in [0.5, 0.6) is 5.88 Å². The lowest BCUT2D eigenvalue weighted by Crippen LogP contribution is -2.36. The van der Waals surface area contributed by atoms with E-state index in [4.69, 9.17) is 14.5 Å². The minimum atomic E-state index is -0.116. The van der Waals surface area contributed by atoms with Crippen LogP contribution >= 0.6 is 0 Å². The molecule has 192 valence electrons. The van der Waals surface area contributed by atoms with Crippen LogP contribution in [0.2, 0.25) is 0 Å². The van der Waals surface area contributed by atoms with Gasteiger partial charge in [-0.05, 0) is 30.7 Å². The maximum atomic E-state index is 13.9. The molecule has 10 nitrogen and oxygen atoms in total. The molecule has 0 aliphatic carbocycles. The number of benzene rings is 1. The first-order chi connectivity index (χ1) is 18.2. The Bertz CT molecular complexity index is 1470. The normalized spacial score (nSPS) is 14.8. The lowest BCUT2D eigenvalue weighted by atomic mass is 10.1. The smallest absolute Gasteiger partial charge is 0.276 e. The maximum absolute atomic E-state index is 13.9. The highest BCUT2D eigenvalue weighted by atomic mass is 16.5. The summed E-state index contributed by atoms with van der Waals surface area (Å²) in [4.78, 5) is 29.3. The molecule has 37 heavy (non-hydrogen) atoms. The molecule has 6 rings (SSSR count). The van der Waals surface area contributed by atoms with Crippen molar-refractivity contribution in [3.05, 3.63) is 64.7 Å². The van der Waals surface area contributed by atoms with Gasteiger partial charge in [-0.2, -0.15) is 4.98 Å². The van der Waals surface area contributed by atoms with E-state index in [-0.39, 0.29) is 5.56 Å². The summed E-state index contributed by atoms with van der Waals surface area (Å²) in [5.41, 5.74) is 4.96. The Kier molecular flexibility index (Phi) is 7.18. The molecule has 0 amide bonds. The van der Waals surface area contributed by atoms with Crippen molar-refractivity contribution >= 4 is 39.7 Å². The zero-order valence-electron chi connectivity index (χ0n) is 21.3. The number of hydrogen-bond acceptors (Lipinski definition) is 9. The molecule has 2 aliphatic heterocycles. The van der Waals surface area contributed by atoms with Gasteiger partial charge in [0.2, 0.25) is 11.8 Å². The molecule has 0 spiro atoms. The van der Waals surface area contributed by atoms with E-state index in [1.54, 1.807) is 23.0 Å². The monoisotopic (exact) mass is 501 g/mol. The Morgan fingerprint density at radius 1 is 1.00 bits per heavy atom. The first-order valence-electron chi connectivity index (χ1n) is 12.6. The minimum absolute atomic E-state index is 0.116. The van der Waals surface area contributed by atoms with Gasteiger partial charge < -0.3 is 25.0 Å². The standard InChI is InChI=1S/C25H25N7O3.C2H6/c1-16-3-2-4-19-22(16)27-7-8-31(19)20-13-17-15-28-25-29-18-5-6-26-21(14-18)35-12-11-34-10-9-32(24(20)33)23(17)30-25;1-2/h2-6,13-15,27H,7-12H2,1H3,(H,28,29,30);1-2H3. The third-order valence-electron chi connectivity index (χ3n) is 6.21. The van der Waals surface area contributed by atoms with Crippen molar-refractivity contribution in [3.8, 4) is 5.88 Å². The molecule has 4 bridgehead atoms. The van der Waals surface area contributed by atoms with E-state index in [1.807, 2.05) is 38.1 Å². The van der Waals surface area contributed by atoms with Crippen LogP contribution in [-0.4, -0.2) is 52.4 Å². The fourth-order valence-electron chi connectivity index (χ4n) is 4.53. The number of anilines is 5. The lowest BCUT2D eigenvalue weighted by Gasteiger charge is -2.33. The van der Waals surface area contributed by atoms with E-state index < -0.39 is 0 Å². The van der Waals surface area contributed by atoms with Crippen molar-refractivity contribution in [1.82, 2.24) is 19.5 Å². The van der Waals surface area contributed by atoms with E-state index in [2.05, 4.69) is 38.5 Å². The zero-order valence-corrected chi connectivity index (χ0v) is 21.3. The number of aromatic nitrogens is 4. The number of hydrogen-bond donors (Lipinski definition) is 2. The van der Waals surface area contributed by atoms with Crippen molar-refractivity contribution in [2.45, 2.75) is 27.3 Å². The van der Waals surface area contributed by atoms with Gasteiger partial charge in [0.05, 0.1) is 31.1 Å². The molecule has 0 unspecified atom stereocenters. The van der Waals surface area contributed by atoms with Crippen molar-refractivity contribution < 1.29 is 9.47 Å². The Balaban J connectivity index is 0.00000137. The summed E-state index contributed by atoms with van der Waals surface area (Å²) in [6.07, 6.45) is 3.40. The molecule has 0 atom stereocenters. The molecule has 0 radical (unpaired) electrons. The summed E-state index contributed by atoms with van der Waals surface area (Å²) < 4.78 is 13.1. The van der Waals surface area contributed by atoms with Crippen LogP contribution in [0.25, 0.3) is 11.0 Å². The summed E-state index contributed by atoms with van der Waals surface area (Å²) in [6.45, 7) is 8.94. The van der Waals surface area contributed by atoms with Gasteiger partial charge in [-0.15, -0.1) is 0 Å². The van der Waals surface area contributed by atoms with Crippen LogP contribution in [0.15, 0.2) is 53.6 Å². The predicted molar refractivity (Wildman–Crippen MR) is 146 cm³/mol. The molecule has 4 aromatic rings. The van der Waals surface area contributed by atoms with Gasteiger partial charge >= 0.3 is 0 Å². The van der Waals surface area contributed by atoms with E-state index in [0.29, 0.717) is 56.1 Å². The largest absolute Gasteiger partial charge is 0.475 e. The van der Waals surface area contributed by atoms with E-state index in [1.165, 1.54) is 0 Å². The summed E-state index contributed by atoms with van der Waals surface area (Å²) in [5, 5.41) is 7.44. The topological polar surface area (TPSA) is 106 Å². The summed E-state index contributed by atoms with van der Waals surface area (Å²) in [7, 11) is 0. The van der Waals surface area contributed by atoms with Crippen molar-refractivity contribution in [2.24, 2.45) is 0 Å². The third kappa shape index (κ3) is 4.92. The Morgan fingerprint density at radius 2 is 1.89 bits per heavy atom. The second-order valence-corrected chi connectivity index (χ2v) is 8.47. The fourth-order valence-corrected chi connectivity index (χ4v) is 4.53. The second-order valence-electron chi connectivity index (χ2n) is 8.47. The first-order valence-corrected chi connectivity index (χ1v) is 12.6. The van der Waals surface area contributed by atoms with E-state index in [9.17, 15) is 4.79 Å². The van der Waals surface area contributed by atoms with Crippen molar-refractivity contribution in [2.75, 3.05) is 48.4 Å². The summed E-state index contributed by atoms with van der Waals surface area (Å²) in [5.74, 6) is 0.876. The number of pyridine rings is 2. The maximum Gasteiger partial charge on any atom is 0.276 e. The quantitative estimate of drug-likeness (QED) is 0.396. The van der Waals surface area contributed by atoms with Crippen molar-refractivity contribution in [1.29, 1.82) is 0 Å². The highest BCUT2D eigenvalue weighted by Gasteiger charge is 2.23. The Morgan fingerprint density at radius 3 is 2.78 bits per heavy atom. The van der Waals surface area contributed by atoms with Gasteiger partial charge in [-0.25, -0.2) is 9.97 Å². The number of nitrogens with zero attached hydrogens (tertiary/aromatic N) is 5. The summed E-state index contributed by atoms with van der Waals surface area (Å²) >= 11 is 0. The molecule has 2 N–H and O–H groups in total. The summed E-state index contributed by atoms with van der Waals surface area (Å²) in [6, 6.07) is 11.6. The average Bonchev–Trinajstić information content (AvgIpc) is 2.92. The van der Waals surface area contributed by atoms with E-state index >= 15 is 0 Å². The van der Waals surface area contributed by atoms with Gasteiger partial charge in [0.1, 0.15) is 17.9 Å². The Hall–Kier alpha value is -4.18. The van der Waals surface area contributed by atoms with Gasteiger partial charge in [0, 0.05) is 42.6 Å². The molecule has 5 heterocycles. The van der Waals surface area contributed by atoms with Crippen LogP contribution in [0.4, 0.5) is 28.7 Å².